The molecule has 0 saturated heterocycles. The van der Waals surface area contributed by atoms with E-state index in [-0.39, 0.29) is 0 Å². The second kappa shape index (κ2) is 5.93. The number of benzene rings is 1. The zero-order chi connectivity index (χ0) is 13.9. The van der Waals surface area contributed by atoms with Crippen LogP contribution in [-0.2, 0) is 6.54 Å². The molecule has 0 heterocycles. The number of hydrogen-bond donors (Lipinski definition) is 2. The molecule has 0 amide bonds. The molecule has 1 saturated carbocycles. The monoisotopic (exact) mass is 263 g/mol. The van der Waals surface area contributed by atoms with Crippen molar-refractivity contribution in [1.82, 2.24) is 5.32 Å². The average Bonchev–Trinajstić information content (AvgIpc) is 3.11. The van der Waals surface area contributed by atoms with Crippen LogP contribution in [0.15, 0.2) is 18.2 Å². The quantitative estimate of drug-likeness (QED) is 0.795. The normalized spacial score (nSPS) is 15.6. The van der Waals surface area contributed by atoms with Gasteiger partial charge < -0.3 is 15.2 Å². The number of aliphatic hydroxyl groups is 1. The Morgan fingerprint density at radius 1 is 1.37 bits per heavy atom. The Balaban J connectivity index is 1.93. The maximum Gasteiger partial charge on any atom is 0.123 e. The molecule has 1 aromatic rings. The largest absolute Gasteiger partial charge is 0.493 e. The average molecular weight is 263 g/mol. The molecule has 2 N–H and O–H groups in total. The van der Waals surface area contributed by atoms with Crippen molar-refractivity contribution in [2.24, 2.45) is 0 Å². The zero-order valence-corrected chi connectivity index (χ0v) is 12.2. The molecule has 0 unspecified atom stereocenters. The molecule has 0 aromatic heterocycles. The van der Waals surface area contributed by atoms with E-state index >= 15 is 0 Å². The van der Waals surface area contributed by atoms with E-state index in [1.54, 1.807) is 13.8 Å². The van der Waals surface area contributed by atoms with E-state index in [0.717, 1.165) is 12.3 Å². The molecular weight excluding hydrogens is 238 g/mol. The van der Waals surface area contributed by atoms with Crippen molar-refractivity contribution in [3.8, 4) is 5.75 Å². The lowest BCUT2D eigenvalue weighted by atomic mass is 10.1. The molecule has 3 heteroatoms. The molecule has 0 bridgehead atoms. The topological polar surface area (TPSA) is 41.5 Å². The third-order valence-electron chi connectivity index (χ3n) is 3.35. The Bertz CT molecular complexity index is 419. The first kappa shape index (κ1) is 14.4. The molecule has 106 valence electrons. The molecule has 3 nitrogen and oxygen atoms in total. The van der Waals surface area contributed by atoms with E-state index in [1.807, 2.05) is 6.07 Å². The summed E-state index contributed by atoms with van der Waals surface area (Å²) >= 11 is 0. The van der Waals surface area contributed by atoms with Gasteiger partial charge in [0.1, 0.15) is 5.75 Å². The summed E-state index contributed by atoms with van der Waals surface area (Å²) in [6, 6.07) is 6.98. The van der Waals surface area contributed by atoms with E-state index < -0.39 is 5.60 Å². The summed E-state index contributed by atoms with van der Waals surface area (Å²) in [5.41, 5.74) is 1.79. The smallest absolute Gasteiger partial charge is 0.123 e. The van der Waals surface area contributed by atoms with Crippen molar-refractivity contribution in [2.45, 2.75) is 58.2 Å². The van der Waals surface area contributed by atoms with E-state index in [9.17, 15) is 5.11 Å². The van der Waals surface area contributed by atoms with Gasteiger partial charge in [0.2, 0.25) is 0 Å². The fourth-order valence-electron chi connectivity index (χ4n) is 1.94. The molecule has 0 atom stereocenters. The van der Waals surface area contributed by atoms with Gasteiger partial charge in [-0.2, -0.15) is 0 Å². The van der Waals surface area contributed by atoms with Crippen LogP contribution in [0.5, 0.6) is 5.75 Å². The van der Waals surface area contributed by atoms with Crippen molar-refractivity contribution < 1.29 is 9.84 Å². The van der Waals surface area contributed by atoms with Gasteiger partial charge in [0, 0.05) is 24.6 Å². The van der Waals surface area contributed by atoms with Gasteiger partial charge in [-0.25, -0.2) is 0 Å². The van der Waals surface area contributed by atoms with Crippen LogP contribution in [0, 0.1) is 6.92 Å². The van der Waals surface area contributed by atoms with Gasteiger partial charge in [0.15, 0.2) is 0 Å². The minimum Gasteiger partial charge on any atom is -0.493 e. The summed E-state index contributed by atoms with van der Waals surface area (Å²) in [5, 5.41) is 13.2. The van der Waals surface area contributed by atoms with E-state index in [0.29, 0.717) is 19.1 Å². The fourth-order valence-corrected chi connectivity index (χ4v) is 1.94. The lowest BCUT2D eigenvalue weighted by molar-refractivity contribution is 0.0552. The molecule has 19 heavy (non-hydrogen) atoms. The molecule has 1 aromatic carbocycles. The van der Waals surface area contributed by atoms with Gasteiger partial charge in [-0.05, 0) is 39.7 Å². The third-order valence-corrected chi connectivity index (χ3v) is 3.35. The minimum atomic E-state index is -0.670. The van der Waals surface area contributed by atoms with Crippen LogP contribution in [0.3, 0.4) is 0 Å². The van der Waals surface area contributed by atoms with Gasteiger partial charge >= 0.3 is 0 Å². The second-order valence-corrected chi connectivity index (χ2v) is 6.18. The molecule has 0 radical (unpaired) electrons. The fraction of sp³-hybridized carbons (Fsp3) is 0.625. The summed E-state index contributed by atoms with van der Waals surface area (Å²) in [4.78, 5) is 0. The van der Waals surface area contributed by atoms with Crippen molar-refractivity contribution in [3.05, 3.63) is 29.3 Å². The molecule has 1 aliphatic carbocycles. The Morgan fingerprint density at radius 2 is 2.11 bits per heavy atom. The Hall–Kier alpha value is -1.06. The van der Waals surface area contributed by atoms with Gasteiger partial charge in [0.05, 0.1) is 12.2 Å². The number of nitrogens with one attached hydrogen (secondary N) is 1. The highest BCUT2D eigenvalue weighted by molar-refractivity contribution is 5.37. The van der Waals surface area contributed by atoms with Crippen molar-refractivity contribution in [3.63, 3.8) is 0 Å². The van der Waals surface area contributed by atoms with E-state index in [4.69, 9.17) is 4.74 Å². The Morgan fingerprint density at radius 3 is 2.74 bits per heavy atom. The van der Waals surface area contributed by atoms with Crippen LogP contribution in [0.2, 0.25) is 0 Å². The van der Waals surface area contributed by atoms with Gasteiger partial charge in [-0.15, -0.1) is 0 Å². The zero-order valence-electron chi connectivity index (χ0n) is 12.2. The summed E-state index contributed by atoms with van der Waals surface area (Å²) in [6.45, 7) is 7.12. The maximum atomic E-state index is 9.70. The molecule has 1 fully saturated rings. The predicted molar refractivity (Wildman–Crippen MR) is 77.5 cm³/mol. The first-order valence-electron chi connectivity index (χ1n) is 7.12. The van der Waals surface area contributed by atoms with Crippen LogP contribution in [0.1, 0.15) is 44.2 Å². The first-order chi connectivity index (χ1) is 8.94. The molecular formula is C16H25NO2. The van der Waals surface area contributed by atoms with Crippen LogP contribution < -0.4 is 10.1 Å². The van der Waals surface area contributed by atoms with Crippen LogP contribution in [0.25, 0.3) is 0 Å². The second-order valence-electron chi connectivity index (χ2n) is 6.18. The molecule has 2 rings (SSSR count). The molecule has 1 aliphatic rings. The van der Waals surface area contributed by atoms with Crippen molar-refractivity contribution >= 4 is 0 Å². The van der Waals surface area contributed by atoms with Gasteiger partial charge in [-0.1, -0.05) is 17.7 Å². The van der Waals surface area contributed by atoms with E-state index in [1.165, 1.54) is 24.0 Å². The number of hydrogen-bond acceptors (Lipinski definition) is 3. The number of ether oxygens (including phenoxy) is 1. The predicted octanol–water partition coefficient (Wildman–Crippen LogP) is 2.79. The number of aryl methyl sites for hydroxylation is 1. The summed E-state index contributed by atoms with van der Waals surface area (Å²) in [5.74, 6) is 0.933. The maximum absolute atomic E-state index is 9.70. The van der Waals surface area contributed by atoms with Crippen molar-refractivity contribution in [2.75, 3.05) is 6.61 Å². The van der Waals surface area contributed by atoms with Crippen LogP contribution in [0.4, 0.5) is 0 Å². The summed E-state index contributed by atoms with van der Waals surface area (Å²) in [6.07, 6.45) is 3.22. The summed E-state index contributed by atoms with van der Waals surface area (Å²) in [7, 11) is 0. The number of rotatable bonds is 7. The third kappa shape index (κ3) is 5.21. The van der Waals surface area contributed by atoms with Gasteiger partial charge in [-0.3, -0.25) is 0 Å². The van der Waals surface area contributed by atoms with Gasteiger partial charge in [0.25, 0.3) is 0 Å². The Labute approximate surface area is 116 Å². The standard InChI is InChI=1S/C16H25NO2/c1-12-4-7-15(19-9-8-16(2,3)18)13(10-12)11-17-14-5-6-14/h4,7,10,14,17-18H,5-6,8-9,11H2,1-3H3. The highest BCUT2D eigenvalue weighted by Crippen LogP contribution is 2.24. The lowest BCUT2D eigenvalue weighted by Gasteiger charge is -2.18. The van der Waals surface area contributed by atoms with Crippen LogP contribution >= 0.6 is 0 Å². The minimum absolute atomic E-state index is 0.545. The highest BCUT2D eigenvalue weighted by Gasteiger charge is 2.20. The van der Waals surface area contributed by atoms with Crippen LogP contribution in [-0.4, -0.2) is 23.4 Å². The SMILES string of the molecule is Cc1ccc(OCCC(C)(C)O)c(CNC2CC2)c1. The lowest BCUT2D eigenvalue weighted by Crippen LogP contribution is -2.22. The Kier molecular flexibility index (Phi) is 4.48. The van der Waals surface area contributed by atoms with Crippen molar-refractivity contribution in [1.29, 1.82) is 0 Å². The molecule has 0 spiro atoms. The highest BCUT2D eigenvalue weighted by atomic mass is 16.5. The van der Waals surface area contributed by atoms with E-state index in [2.05, 4.69) is 24.4 Å². The summed E-state index contributed by atoms with van der Waals surface area (Å²) < 4.78 is 5.82. The molecule has 0 aliphatic heterocycles. The first-order valence-corrected chi connectivity index (χ1v) is 7.12.